The van der Waals surface area contributed by atoms with Crippen LogP contribution in [0.3, 0.4) is 0 Å². The van der Waals surface area contributed by atoms with Crippen LogP contribution < -0.4 is 14.8 Å². The van der Waals surface area contributed by atoms with Gasteiger partial charge in [-0.3, -0.25) is 9.69 Å². The third kappa shape index (κ3) is 5.22. The molecule has 0 aliphatic carbocycles. The molecule has 2 aliphatic heterocycles. The molecule has 0 bridgehead atoms. The molecule has 0 unspecified atom stereocenters. The SMILES string of the molecule is CC1(Oc2ccc(Cl)cc2)CCN(CCOc2ccc3c(c2)NC(=O)CC3)CC1.[HH]. The van der Waals surface area contributed by atoms with Crippen molar-refractivity contribution in [2.24, 2.45) is 0 Å². The Hall–Kier alpha value is -2.24. The zero-order valence-corrected chi connectivity index (χ0v) is 17.5. The molecular formula is C23H29ClN2O3. The predicted octanol–water partition coefficient (Wildman–Crippen LogP) is 4.78. The highest BCUT2D eigenvalue weighted by Gasteiger charge is 2.31. The number of anilines is 1. The fourth-order valence-corrected chi connectivity index (χ4v) is 4.00. The summed E-state index contributed by atoms with van der Waals surface area (Å²) in [6, 6.07) is 13.5. The number of fused-ring (bicyclic) bond motifs is 1. The van der Waals surface area contributed by atoms with Gasteiger partial charge in [-0.05, 0) is 62.1 Å². The minimum absolute atomic E-state index is 0. The molecule has 0 saturated carbocycles. The van der Waals surface area contributed by atoms with E-state index in [4.69, 9.17) is 21.1 Å². The number of carbonyl (C=O) groups excluding carboxylic acids is 1. The van der Waals surface area contributed by atoms with E-state index < -0.39 is 0 Å². The molecule has 6 heteroatoms. The first-order valence-electron chi connectivity index (χ1n) is 10.2. The summed E-state index contributed by atoms with van der Waals surface area (Å²) in [5.41, 5.74) is 1.90. The number of ether oxygens (including phenoxy) is 2. The zero-order valence-electron chi connectivity index (χ0n) is 16.7. The number of likely N-dealkylation sites (tertiary alicyclic amines) is 1. The highest BCUT2D eigenvalue weighted by Crippen LogP contribution is 2.30. The van der Waals surface area contributed by atoms with Gasteiger partial charge in [0.25, 0.3) is 0 Å². The third-order valence-electron chi connectivity index (χ3n) is 5.74. The summed E-state index contributed by atoms with van der Waals surface area (Å²) in [5.74, 6) is 1.75. The van der Waals surface area contributed by atoms with Gasteiger partial charge < -0.3 is 14.8 Å². The molecule has 2 heterocycles. The molecule has 0 aromatic heterocycles. The number of halogens is 1. The maximum Gasteiger partial charge on any atom is 0.224 e. The monoisotopic (exact) mass is 416 g/mol. The van der Waals surface area contributed by atoms with Crippen LogP contribution >= 0.6 is 11.6 Å². The van der Waals surface area contributed by atoms with E-state index in [1.54, 1.807) is 0 Å². The van der Waals surface area contributed by atoms with Gasteiger partial charge in [-0.1, -0.05) is 17.7 Å². The third-order valence-corrected chi connectivity index (χ3v) is 6.00. The van der Waals surface area contributed by atoms with Gasteiger partial charge in [0, 0.05) is 44.3 Å². The molecule has 5 nitrogen and oxygen atoms in total. The van der Waals surface area contributed by atoms with E-state index in [1.165, 1.54) is 5.56 Å². The van der Waals surface area contributed by atoms with Crippen LogP contribution in [0.15, 0.2) is 42.5 Å². The Labute approximate surface area is 178 Å². The second-order valence-corrected chi connectivity index (χ2v) is 8.50. The van der Waals surface area contributed by atoms with E-state index in [0.717, 1.165) is 61.1 Å². The lowest BCUT2D eigenvalue weighted by Gasteiger charge is -2.39. The fourth-order valence-electron chi connectivity index (χ4n) is 3.87. The lowest BCUT2D eigenvalue weighted by molar-refractivity contribution is -0.116. The number of carbonyl (C=O) groups is 1. The lowest BCUT2D eigenvalue weighted by Crippen LogP contribution is -2.47. The van der Waals surface area contributed by atoms with Crippen LogP contribution in [0.25, 0.3) is 0 Å². The van der Waals surface area contributed by atoms with Crippen molar-refractivity contribution in [1.82, 2.24) is 4.90 Å². The molecule has 1 N–H and O–H groups in total. The van der Waals surface area contributed by atoms with Gasteiger partial charge in [-0.15, -0.1) is 0 Å². The Morgan fingerprint density at radius 2 is 1.83 bits per heavy atom. The topological polar surface area (TPSA) is 50.8 Å². The Bertz CT molecular complexity index is 867. The maximum absolute atomic E-state index is 11.6. The van der Waals surface area contributed by atoms with Crippen molar-refractivity contribution in [3.8, 4) is 11.5 Å². The van der Waals surface area contributed by atoms with Crippen molar-refractivity contribution in [3.63, 3.8) is 0 Å². The van der Waals surface area contributed by atoms with Crippen LogP contribution in [0.2, 0.25) is 5.02 Å². The van der Waals surface area contributed by atoms with Crippen molar-refractivity contribution < 1.29 is 15.7 Å². The van der Waals surface area contributed by atoms with Gasteiger partial charge in [0.2, 0.25) is 5.91 Å². The number of amides is 1. The summed E-state index contributed by atoms with van der Waals surface area (Å²) in [5, 5.41) is 3.64. The number of hydrogen-bond donors (Lipinski definition) is 1. The van der Waals surface area contributed by atoms with Gasteiger partial charge in [-0.25, -0.2) is 0 Å². The average molecular weight is 417 g/mol. The Balaban J connectivity index is 0.00000256. The number of rotatable bonds is 6. The standard InChI is InChI=1S/C23H27ClN2O3.H2/c1-23(29-19-7-4-18(24)5-8-19)10-12-26(13-11-23)14-15-28-20-6-2-17-3-9-22(27)25-21(17)16-20;/h2,4-8,16H,3,9-15H2,1H3,(H,25,27);1H. The molecule has 156 valence electrons. The number of hydrogen-bond acceptors (Lipinski definition) is 4. The van der Waals surface area contributed by atoms with Crippen molar-refractivity contribution >= 4 is 23.2 Å². The van der Waals surface area contributed by atoms with E-state index in [-0.39, 0.29) is 12.9 Å². The van der Waals surface area contributed by atoms with E-state index in [9.17, 15) is 4.79 Å². The van der Waals surface area contributed by atoms with E-state index >= 15 is 0 Å². The predicted molar refractivity (Wildman–Crippen MR) is 117 cm³/mol. The molecule has 0 spiro atoms. The van der Waals surface area contributed by atoms with Gasteiger partial charge in [0.1, 0.15) is 23.7 Å². The maximum atomic E-state index is 11.6. The zero-order chi connectivity index (χ0) is 20.3. The van der Waals surface area contributed by atoms with Crippen LogP contribution in [0.1, 0.15) is 33.2 Å². The summed E-state index contributed by atoms with van der Waals surface area (Å²) in [4.78, 5) is 14.0. The van der Waals surface area contributed by atoms with Crippen molar-refractivity contribution in [3.05, 3.63) is 53.1 Å². The molecule has 2 aromatic rings. The minimum atomic E-state index is -0.151. The van der Waals surface area contributed by atoms with Gasteiger partial charge in [0.15, 0.2) is 0 Å². The molecule has 1 amide bonds. The van der Waals surface area contributed by atoms with Crippen LogP contribution in [-0.4, -0.2) is 42.6 Å². The first kappa shape index (κ1) is 20.0. The molecule has 2 aromatic carbocycles. The summed E-state index contributed by atoms with van der Waals surface area (Å²) >= 11 is 5.95. The Morgan fingerprint density at radius 3 is 2.59 bits per heavy atom. The van der Waals surface area contributed by atoms with Crippen LogP contribution in [-0.2, 0) is 11.2 Å². The Morgan fingerprint density at radius 1 is 1.10 bits per heavy atom. The molecule has 4 rings (SSSR count). The molecule has 29 heavy (non-hydrogen) atoms. The summed E-state index contributed by atoms with van der Waals surface area (Å²) < 4.78 is 12.2. The number of nitrogens with zero attached hydrogens (tertiary/aromatic N) is 1. The average Bonchev–Trinajstić information content (AvgIpc) is 2.71. The fraction of sp³-hybridized carbons (Fsp3) is 0.435. The highest BCUT2D eigenvalue weighted by atomic mass is 35.5. The molecule has 2 aliphatic rings. The van der Waals surface area contributed by atoms with Crippen LogP contribution in [0.4, 0.5) is 5.69 Å². The molecular weight excluding hydrogens is 388 g/mol. The number of nitrogens with one attached hydrogen (secondary N) is 1. The molecule has 0 radical (unpaired) electrons. The molecule has 0 atom stereocenters. The van der Waals surface area contributed by atoms with Gasteiger partial charge in [-0.2, -0.15) is 0 Å². The van der Waals surface area contributed by atoms with Gasteiger partial charge in [0.05, 0.1) is 0 Å². The first-order chi connectivity index (χ1) is 14.0. The van der Waals surface area contributed by atoms with E-state index in [2.05, 4.69) is 17.1 Å². The largest absolute Gasteiger partial charge is 0.492 e. The molecule has 1 saturated heterocycles. The highest BCUT2D eigenvalue weighted by molar-refractivity contribution is 6.30. The van der Waals surface area contributed by atoms with Crippen molar-refractivity contribution in [2.45, 2.75) is 38.2 Å². The normalized spacial score (nSPS) is 18.6. The van der Waals surface area contributed by atoms with Crippen molar-refractivity contribution in [1.29, 1.82) is 0 Å². The smallest absolute Gasteiger partial charge is 0.224 e. The van der Waals surface area contributed by atoms with E-state index in [0.29, 0.717) is 13.0 Å². The lowest BCUT2D eigenvalue weighted by atomic mass is 9.93. The summed E-state index contributed by atoms with van der Waals surface area (Å²) in [6.45, 7) is 5.64. The number of aryl methyl sites for hydroxylation is 1. The summed E-state index contributed by atoms with van der Waals surface area (Å²) in [7, 11) is 0. The van der Waals surface area contributed by atoms with Gasteiger partial charge >= 0.3 is 0 Å². The van der Waals surface area contributed by atoms with Crippen molar-refractivity contribution in [2.75, 3.05) is 31.6 Å². The quantitative estimate of drug-likeness (QED) is 0.736. The van der Waals surface area contributed by atoms with Crippen LogP contribution in [0, 0.1) is 0 Å². The number of benzene rings is 2. The minimum Gasteiger partial charge on any atom is -0.492 e. The van der Waals surface area contributed by atoms with Crippen LogP contribution in [0.5, 0.6) is 11.5 Å². The second-order valence-electron chi connectivity index (χ2n) is 8.06. The van der Waals surface area contributed by atoms with E-state index in [1.807, 2.05) is 42.5 Å². The summed E-state index contributed by atoms with van der Waals surface area (Å²) in [6.07, 6.45) is 3.30. The second kappa shape index (κ2) is 8.64. The Kier molecular flexibility index (Phi) is 5.97. The number of piperidine rings is 1. The first-order valence-corrected chi connectivity index (χ1v) is 10.6. The molecule has 1 fully saturated rings.